The zero-order valence-corrected chi connectivity index (χ0v) is 15.5. The van der Waals surface area contributed by atoms with E-state index in [1.54, 1.807) is 18.0 Å². The van der Waals surface area contributed by atoms with E-state index < -0.39 is 0 Å². The van der Waals surface area contributed by atoms with E-state index >= 15 is 0 Å². The molecule has 0 amide bonds. The lowest BCUT2D eigenvalue weighted by atomic mass is 10.2. The number of hydrogen-bond donors (Lipinski definition) is 1. The van der Waals surface area contributed by atoms with Gasteiger partial charge in [-0.1, -0.05) is 23.7 Å². The molecule has 2 rings (SSSR count). The number of halogens is 2. The number of nitrogens with one attached hydrogen (secondary N) is 1. The second-order valence-corrected chi connectivity index (χ2v) is 7.32. The lowest BCUT2D eigenvalue weighted by molar-refractivity contribution is 0.477. The van der Waals surface area contributed by atoms with Crippen LogP contribution in [-0.2, 0) is 0 Å². The third-order valence-corrected chi connectivity index (χ3v) is 5.61. The SMILES string of the molecule is CNC(CSc1ccccc1Br)c1c(Cl)cnn1C(C)C. The fourth-order valence-electron chi connectivity index (χ4n) is 2.12. The summed E-state index contributed by atoms with van der Waals surface area (Å²) in [5.41, 5.74) is 1.05. The minimum atomic E-state index is 0.152. The van der Waals surface area contributed by atoms with E-state index in [4.69, 9.17) is 11.6 Å². The molecule has 2 aromatic rings. The van der Waals surface area contributed by atoms with Crippen molar-refractivity contribution in [3.05, 3.63) is 45.7 Å². The lowest BCUT2D eigenvalue weighted by Gasteiger charge is -2.20. The molecule has 1 atom stereocenters. The molecule has 1 unspecified atom stereocenters. The van der Waals surface area contributed by atoms with Crippen LogP contribution >= 0.6 is 39.3 Å². The van der Waals surface area contributed by atoms with Gasteiger partial charge in [0.05, 0.1) is 23.0 Å². The van der Waals surface area contributed by atoms with Crippen molar-refractivity contribution >= 4 is 39.3 Å². The first-order valence-electron chi connectivity index (χ1n) is 6.82. The molecule has 0 saturated heterocycles. The third kappa shape index (κ3) is 4.03. The van der Waals surface area contributed by atoms with Crippen LogP contribution in [0.3, 0.4) is 0 Å². The van der Waals surface area contributed by atoms with Crippen LogP contribution in [0.25, 0.3) is 0 Å². The average molecular weight is 389 g/mol. The van der Waals surface area contributed by atoms with Crippen LogP contribution in [0, 0.1) is 0 Å². The Kier molecular flexibility index (Phi) is 6.17. The fourth-order valence-corrected chi connectivity index (χ4v) is 4.06. The molecule has 0 bridgehead atoms. The Bertz CT molecular complexity index is 600. The van der Waals surface area contributed by atoms with Gasteiger partial charge in [-0.3, -0.25) is 4.68 Å². The summed E-state index contributed by atoms with van der Waals surface area (Å²) in [4.78, 5) is 1.23. The summed E-state index contributed by atoms with van der Waals surface area (Å²) in [6, 6.07) is 8.68. The Balaban J connectivity index is 2.17. The topological polar surface area (TPSA) is 29.9 Å². The van der Waals surface area contributed by atoms with Gasteiger partial charge in [0, 0.05) is 21.2 Å². The molecular weight excluding hydrogens is 370 g/mol. The predicted octanol–water partition coefficient (Wildman–Crippen LogP) is 4.93. The van der Waals surface area contributed by atoms with E-state index in [1.165, 1.54) is 4.90 Å². The van der Waals surface area contributed by atoms with Crippen molar-refractivity contribution in [2.45, 2.75) is 30.8 Å². The summed E-state index contributed by atoms with van der Waals surface area (Å²) >= 11 is 11.7. The van der Waals surface area contributed by atoms with Crippen molar-refractivity contribution < 1.29 is 0 Å². The molecule has 1 N–H and O–H groups in total. The molecule has 0 radical (unpaired) electrons. The number of benzene rings is 1. The van der Waals surface area contributed by atoms with Gasteiger partial charge in [0.25, 0.3) is 0 Å². The van der Waals surface area contributed by atoms with Gasteiger partial charge in [0.1, 0.15) is 0 Å². The van der Waals surface area contributed by atoms with Crippen LogP contribution < -0.4 is 5.32 Å². The molecule has 0 spiro atoms. The summed E-state index contributed by atoms with van der Waals surface area (Å²) in [5, 5.41) is 8.45. The Morgan fingerprint density at radius 1 is 1.38 bits per heavy atom. The smallest absolute Gasteiger partial charge is 0.0834 e. The van der Waals surface area contributed by atoms with Crippen molar-refractivity contribution in [1.29, 1.82) is 0 Å². The summed E-state index contributed by atoms with van der Waals surface area (Å²) in [5.74, 6) is 0.886. The maximum atomic E-state index is 6.33. The van der Waals surface area contributed by atoms with Crippen molar-refractivity contribution in [3.63, 3.8) is 0 Å². The number of thioether (sulfide) groups is 1. The van der Waals surface area contributed by atoms with Gasteiger partial charge in [0.15, 0.2) is 0 Å². The molecule has 1 aromatic heterocycles. The van der Waals surface area contributed by atoms with Gasteiger partial charge in [-0.15, -0.1) is 11.8 Å². The minimum Gasteiger partial charge on any atom is -0.311 e. The molecule has 0 fully saturated rings. The standard InChI is InChI=1S/C15H19BrClN3S/c1-10(2)20-15(12(17)8-19-20)13(18-3)9-21-14-7-5-4-6-11(14)16/h4-8,10,13,18H,9H2,1-3H3. The van der Waals surface area contributed by atoms with Crippen LogP contribution in [0.1, 0.15) is 31.6 Å². The first kappa shape index (κ1) is 16.9. The van der Waals surface area contributed by atoms with Crippen LogP contribution in [-0.4, -0.2) is 22.6 Å². The molecule has 0 aliphatic rings. The second-order valence-electron chi connectivity index (χ2n) is 5.00. The second kappa shape index (κ2) is 7.68. The molecule has 0 aliphatic carbocycles. The van der Waals surface area contributed by atoms with E-state index in [-0.39, 0.29) is 12.1 Å². The third-order valence-electron chi connectivity index (χ3n) is 3.20. The van der Waals surface area contributed by atoms with E-state index in [1.807, 2.05) is 23.9 Å². The van der Waals surface area contributed by atoms with Crippen molar-refractivity contribution in [2.24, 2.45) is 0 Å². The highest BCUT2D eigenvalue weighted by molar-refractivity contribution is 9.10. The van der Waals surface area contributed by atoms with Gasteiger partial charge in [-0.25, -0.2) is 0 Å². The zero-order valence-electron chi connectivity index (χ0n) is 12.3. The number of aromatic nitrogens is 2. The molecule has 3 nitrogen and oxygen atoms in total. The Hall–Kier alpha value is -0.490. The predicted molar refractivity (Wildman–Crippen MR) is 94.3 cm³/mol. The molecule has 6 heteroatoms. The molecule has 114 valence electrons. The lowest BCUT2D eigenvalue weighted by Crippen LogP contribution is -2.23. The highest BCUT2D eigenvalue weighted by Gasteiger charge is 2.21. The largest absolute Gasteiger partial charge is 0.311 e. The van der Waals surface area contributed by atoms with Crippen molar-refractivity contribution in [1.82, 2.24) is 15.1 Å². The van der Waals surface area contributed by atoms with Gasteiger partial charge in [-0.05, 0) is 49.0 Å². The fraction of sp³-hybridized carbons (Fsp3) is 0.400. The van der Waals surface area contributed by atoms with Gasteiger partial charge < -0.3 is 5.32 Å². The normalized spacial score (nSPS) is 12.9. The number of nitrogens with zero attached hydrogens (tertiary/aromatic N) is 2. The average Bonchev–Trinajstić information content (AvgIpc) is 2.84. The minimum absolute atomic E-state index is 0.152. The Labute approximate surface area is 143 Å². The van der Waals surface area contributed by atoms with E-state index in [2.05, 4.69) is 52.3 Å². The van der Waals surface area contributed by atoms with E-state index in [9.17, 15) is 0 Å². The Morgan fingerprint density at radius 3 is 2.71 bits per heavy atom. The molecule has 0 aliphatic heterocycles. The number of hydrogen-bond acceptors (Lipinski definition) is 3. The summed E-state index contributed by atoms with van der Waals surface area (Å²) in [6.07, 6.45) is 1.73. The molecule has 21 heavy (non-hydrogen) atoms. The number of rotatable bonds is 6. The van der Waals surface area contributed by atoms with Gasteiger partial charge in [-0.2, -0.15) is 5.10 Å². The highest BCUT2D eigenvalue weighted by Crippen LogP contribution is 2.33. The van der Waals surface area contributed by atoms with Crippen molar-refractivity contribution in [3.8, 4) is 0 Å². The monoisotopic (exact) mass is 387 g/mol. The first-order valence-corrected chi connectivity index (χ1v) is 8.97. The van der Waals surface area contributed by atoms with Crippen LogP contribution in [0.2, 0.25) is 5.02 Å². The maximum absolute atomic E-state index is 6.33. The van der Waals surface area contributed by atoms with Gasteiger partial charge >= 0.3 is 0 Å². The van der Waals surface area contributed by atoms with Crippen molar-refractivity contribution in [2.75, 3.05) is 12.8 Å². The summed E-state index contributed by atoms with van der Waals surface area (Å²) in [7, 11) is 1.96. The molecule has 1 heterocycles. The van der Waals surface area contributed by atoms with Crippen LogP contribution in [0.5, 0.6) is 0 Å². The molecule has 0 saturated carbocycles. The summed E-state index contributed by atoms with van der Waals surface area (Å²) < 4.78 is 3.11. The zero-order chi connectivity index (χ0) is 15.4. The van der Waals surface area contributed by atoms with Crippen LogP contribution in [0.4, 0.5) is 0 Å². The van der Waals surface area contributed by atoms with Crippen LogP contribution in [0.15, 0.2) is 39.8 Å². The molecule has 1 aromatic carbocycles. The quantitative estimate of drug-likeness (QED) is 0.711. The summed E-state index contributed by atoms with van der Waals surface area (Å²) in [6.45, 7) is 4.22. The van der Waals surface area contributed by atoms with Gasteiger partial charge in [0.2, 0.25) is 0 Å². The van der Waals surface area contributed by atoms with E-state index in [0.717, 1.165) is 20.9 Å². The highest BCUT2D eigenvalue weighted by atomic mass is 79.9. The Morgan fingerprint density at radius 2 is 2.10 bits per heavy atom. The van der Waals surface area contributed by atoms with E-state index in [0.29, 0.717) is 0 Å². The first-order chi connectivity index (χ1) is 10.0. The maximum Gasteiger partial charge on any atom is 0.0834 e. The molecular formula is C15H19BrClN3S.